The van der Waals surface area contributed by atoms with Crippen LogP contribution < -0.4 is 0 Å². The third kappa shape index (κ3) is 1.11. The van der Waals surface area contributed by atoms with E-state index in [0.29, 0.717) is 0 Å². The van der Waals surface area contributed by atoms with Crippen molar-refractivity contribution in [3.8, 4) is 11.3 Å². The van der Waals surface area contributed by atoms with Crippen LogP contribution >= 0.6 is 0 Å². The van der Waals surface area contributed by atoms with Gasteiger partial charge in [-0.25, -0.2) is 0 Å². The predicted molar refractivity (Wildman–Crippen MR) is 46.7 cm³/mol. The van der Waals surface area contributed by atoms with Crippen LogP contribution in [0.5, 0.6) is 0 Å². The molecule has 2 heterocycles. The number of hydrogen-bond acceptors (Lipinski definition) is 2. The minimum absolute atomic E-state index is 0.876. The lowest BCUT2D eigenvalue weighted by Crippen LogP contribution is -1.81. The summed E-state index contributed by atoms with van der Waals surface area (Å²) in [5.41, 5.74) is 2.24. The quantitative estimate of drug-likeness (QED) is 0.639. The SMILES string of the molecule is Cc1ccncc1-c1ccco1. The fourth-order valence-electron chi connectivity index (χ4n) is 1.15. The van der Waals surface area contributed by atoms with Gasteiger partial charge in [-0.1, -0.05) is 0 Å². The molecule has 0 aliphatic rings. The highest BCUT2D eigenvalue weighted by Crippen LogP contribution is 2.21. The largest absolute Gasteiger partial charge is 0.464 e. The molecule has 0 saturated carbocycles. The Labute approximate surface area is 70.9 Å². The molecular formula is C10H9NO. The highest BCUT2D eigenvalue weighted by molar-refractivity contribution is 5.59. The third-order valence-corrected chi connectivity index (χ3v) is 1.83. The van der Waals surface area contributed by atoms with Crippen molar-refractivity contribution in [2.24, 2.45) is 0 Å². The van der Waals surface area contributed by atoms with E-state index in [-0.39, 0.29) is 0 Å². The summed E-state index contributed by atoms with van der Waals surface area (Å²) in [5, 5.41) is 0. The van der Waals surface area contributed by atoms with Gasteiger partial charge in [-0.3, -0.25) is 4.98 Å². The van der Waals surface area contributed by atoms with Crippen LogP contribution in [0.1, 0.15) is 5.56 Å². The highest BCUT2D eigenvalue weighted by Gasteiger charge is 2.02. The van der Waals surface area contributed by atoms with E-state index in [1.807, 2.05) is 31.3 Å². The maximum Gasteiger partial charge on any atom is 0.135 e. The maximum atomic E-state index is 5.26. The first-order valence-electron chi connectivity index (χ1n) is 3.82. The van der Waals surface area contributed by atoms with Gasteiger partial charge in [-0.2, -0.15) is 0 Å². The van der Waals surface area contributed by atoms with Crippen molar-refractivity contribution >= 4 is 0 Å². The fourth-order valence-corrected chi connectivity index (χ4v) is 1.15. The number of hydrogen-bond donors (Lipinski definition) is 0. The first kappa shape index (κ1) is 7.10. The second-order valence-corrected chi connectivity index (χ2v) is 2.67. The maximum absolute atomic E-state index is 5.26. The van der Waals surface area contributed by atoms with Gasteiger partial charge in [0.05, 0.1) is 6.26 Å². The molecule has 0 saturated heterocycles. The average Bonchev–Trinajstić information content (AvgIpc) is 2.57. The lowest BCUT2D eigenvalue weighted by Gasteiger charge is -1.99. The lowest BCUT2D eigenvalue weighted by molar-refractivity contribution is 0.581. The summed E-state index contributed by atoms with van der Waals surface area (Å²) in [6.45, 7) is 2.04. The monoisotopic (exact) mass is 159 g/mol. The minimum Gasteiger partial charge on any atom is -0.464 e. The van der Waals surface area contributed by atoms with Crippen LogP contribution in [0.2, 0.25) is 0 Å². The first-order chi connectivity index (χ1) is 5.88. The Bertz CT molecular complexity index is 365. The van der Waals surface area contributed by atoms with Crippen LogP contribution in [0.3, 0.4) is 0 Å². The van der Waals surface area contributed by atoms with Crippen LogP contribution in [0.25, 0.3) is 11.3 Å². The Hall–Kier alpha value is -1.57. The van der Waals surface area contributed by atoms with Crippen LogP contribution in [0.4, 0.5) is 0 Å². The average molecular weight is 159 g/mol. The van der Waals surface area contributed by atoms with E-state index >= 15 is 0 Å². The smallest absolute Gasteiger partial charge is 0.135 e. The summed E-state index contributed by atoms with van der Waals surface area (Å²) in [5.74, 6) is 0.876. The standard InChI is InChI=1S/C10H9NO/c1-8-4-5-11-7-9(8)10-3-2-6-12-10/h2-7H,1H3. The molecule has 2 heteroatoms. The van der Waals surface area contributed by atoms with Crippen molar-refractivity contribution in [1.82, 2.24) is 4.98 Å². The number of rotatable bonds is 1. The molecule has 0 N–H and O–H groups in total. The van der Waals surface area contributed by atoms with Gasteiger partial charge in [-0.15, -0.1) is 0 Å². The van der Waals surface area contributed by atoms with Crippen molar-refractivity contribution in [2.45, 2.75) is 6.92 Å². The second kappa shape index (κ2) is 2.81. The zero-order chi connectivity index (χ0) is 8.39. The van der Waals surface area contributed by atoms with E-state index in [0.717, 1.165) is 11.3 Å². The molecule has 2 aromatic rings. The summed E-state index contributed by atoms with van der Waals surface area (Å²) in [7, 11) is 0. The van der Waals surface area contributed by atoms with E-state index in [2.05, 4.69) is 4.98 Å². The van der Waals surface area contributed by atoms with E-state index in [4.69, 9.17) is 4.42 Å². The van der Waals surface area contributed by atoms with E-state index in [1.165, 1.54) is 5.56 Å². The summed E-state index contributed by atoms with van der Waals surface area (Å²) in [6.07, 6.45) is 5.26. The predicted octanol–water partition coefficient (Wildman–Crippen LogP) is 2.65. The number of nitrogens with zero attached hydrogens (tertiary/aromatic N) is 1. The van der Waals surface area contributed by atoms with Gasteiger partial charge in [0.15, 0.2) is 0 Å². The Morgan fingerprint density at radius 1 is 1.33 bits per heavy atom. The van der Waals surface area contributed by atoms with Gasteiger partial charge in [-0.05, 0) is 30.7 Å². The van der Waals surface area contributed by atoms with E-state index in [9.17, 15) is 0 Å². The highest BCUT2D eigenvalue weighted by atomic mass is 16.3. The molecule has 0 bridgehead atoms. The Kier molecular flexibility index (Phi) is 1.67. The fraction of sp³-hybridized carbons (Fsp3) is 0.100. The minimum atomic E-state index is 0.876. The van der Waals surface area contributed by atoms with Gasteiger partial charge in [0.2, 0.25) is 0 Å². The molecule has 2 nitrogen and oxygen atoms in total. The molecule has 2 aromatic heterocycles. The zero-order valence-electron chi connectivity index (χ0n) is 6.82. The lowest BCUT2D eigenvalue weighted by atomic mass is 10.1. The molecule has 0 spiro atoms. The van der Waals surface area contributed by atoms with Crippen molar-refractivity contribution in [1.29, 1.82) is 0 Å². The number of furan rings is 1. The number of aromatic nitrogens is 1. The summed E-state index contributed by atoms with van der Waals surface area (Å²) in [6, 6.07) is 5.78. The summed E-state index contributed by atoms with van der Waals surface area (Å²) in [4.78, 5) is 4.04. The summed E-state index contributed by atoms with van der Waals surface area (Å²) < 4.78 is 5.26. The van der Waals surface area contributed by atoms with Crippen molar-refractivity contribution in [3.05, 3.63) is 42.4 Å². The molecule has 0 aliphatic heterocycles. The van der Waals surface area contributed by atoms with Crippen LogP contribution in [0.15, 0.2) is 41.3 Å². The van der Waals surface area contributed by atoms with Crippen LogP contribution in [0, 0.1) is 6.92 Å². The topological polar surface area (TPSA) is 26.0 Å². The van der Waals surface area contributed by atoms with Gasteiger partial charge in [0.1, 0.15) is 5.76 Å². The molecule has 0 fully saturated rings. The Morgan fingerprint density at radius 2 is 2.25 bits per heavy atom. The number of pyridine rings is 1. The molecule has 0 atom stereocenters. The second-order valence-electron chi connectivity index (χ2n) is 2.67. The molecule has 0 unspecified atom stereocenters. The molecule has 0 aromatic carbocycles. The van der Waals surface area contributed by atoms with Crippen LogP contribution in [-0.2, 0) is 0 Å². The van der Waals surface area contributed by atoms with Gasteiger partial charge in [0, 0.05) is 18.0 Å². The summed E-state index contributed by atoms with van der Waals surface area (Å²) >= 11 is 0. The Morgan fingerprint density at radius 3 is 2.92 bits per heavy atom. The number of aryl methyl sites for hydroxylation is 1. The zero-order valence-corrected chi connectivity index (χ0v) is 6.82. The van der Waals surface area contributed by atoms with Gasteiger partial charge < -0.3 is 4.42 Å². The van der Waals surface area contributed by atoms with E-state index < -0.39 is 0 Å². The Balaban J connectivity index is 2.55. The van der Waals surface area contributed by atoms with Gasteiger partial charge >= 0.3 is 0 Å². The van der Waals surface area contributed by atoms with Gasteiger partial charge in [0.25, 0.3) is 0 Å². The molecule has 2 rings (SSSR count). The molecule has 0 aliphatic carbocycles. The molecule has 0 radical (unpaired) electrons. The molecule has 0 amide bonds. The van der Waals surface area contributed by atoms with Crippen molar-refractivity contribution in [2.75, 3.05) is 0 Å². The van der Waals surface area contributed by atoms with Crippen molar-refractivity contribution < 1.29 is 4.42 Å². The molecular weight excluding hydrogens is 150 g/mol. The van der Waals surface area contributed by atoms with E-state index in [1.54, 1.807) is 12.5 Å². The van der Waals surface area contributed by atoms with Crippen LogP contribution in [-0.4, -0.2) is 4.98 Å². The molecule has 12 heavy (non-hydrogen) atoms. The third-order valence-electron chi connectivity index (χ3n) is 1.83. The molecule has 60 valence electrons. The van der Waals surface area contributed by atoms with Crippen molar-refractivity contribution in [3.63, 3.8) is 0 Å². The first-order valence-corrected chi connectivity index (χ1v) is 3.82. The normalized spacial score (nSPS) is 10.1.